The number of hydrogen-bond donors (Lipinski definition) is 1. The number of halogens is 1. The molecule has 4 rings (SSSR count). The van der Waals surface area contributed by atoms with Crippen LogP contribution in [0.25, 0.3) is 16.7 Å². The number of anilines is 2. The molecule has 1 N–H and O–H groups in total. The number of rotatable bonds is 5. The van der Waals surface area contributed by atoms with Crippen LogP contribution in [0.2, 0.25) is 0 Å². The van der Waals surface area contributed by atoms with Crippen LogP contribution >= 0.6 is 0 Å². The average Bonchev–Trinajstić information content (AvgIpc) is 3.09. The first-order chi connectivity index (χ1) is 12.8. The van der Waals surface area contributed by atoms with Crippen LogP contribution in [-0.2, 0) is 0 Å². The molecule has 0 saturated carbocycles. The van der Waals surface area contributed by atoms with Gasteiger partial charge >= 0.3 is 0 Å². The summed E-state index contributed by atoms with van der Waals surface area (Å²) in [6.45, 7) is 2.56. The van der Waals surface area contributed by atoms with E-state index in [0.29, 0.717) is 29.1 Å². The molecule has 0 unspecified atom stereocenters. The number of para-hydroxylation sites is 1. The molecule has 0 amide bonds. The van der Waals surface area contributed by atoms with Crippen LogP contribution in [-0.4, -0.2) is 26.4 Å². The summed E-state index contributed by atoms with van der Waals surface area (Å²) in [7, 11) is 0. The van der Waals surface area contributed by atoms with Gasteiger partial charge in [0.1, 0.15) is 29.4 Å². The van der Waals surface area contributed by atoms with Gasteiger partial charge in [-0.1, -0.05) is 12.1 Å². The molecule has 2 heterocycles. The van der Waals surface area contributed by atoms with Gasteiger partial charge in [0, 0.05) is 5.69 Å². The number of hydrogen-bond acceptors (Lipinski definition) is 5. The van der Waals surface area contributed by atoms with Gasteiger partial charge in [-0.15, -0.1) is 0 Å². The van der Waals surface area contributed by atoms with Gasteiger partial charge in [-0.3, -0.25) is 0 Å². The second-order valence-electron chi connectivity index (χ2n) is 5.55. The van der Waals surface area contributed by atoms with Crippen molar-refractivity contribution in [2.24, 2.45) is 0 Å². The summed E-state index contributed by atoms with van der Waals surface area (Å²) in [5.41, 5.74) is 1.72. The lowest BCUT2D eigenvalue weighted by Gasteiger charge is -2.08. The quantitative estimate of drug-likeness (QED) is 0.588. The van der Waals surface area contributed by atoms with E-state index in [-0.39, 0.29) is 5.82 Å². The molecule has 0 saturated heterocycles. The van der Waals surface area contributed by atoms with Gasteiger partial charge in [0.2, 0.25) is 0 Å². The van der Waals surface area contributed by atoms with Crippen LogP contribution in [0.4, 0.5) is 15.9 Å². The highest BCUT2D eigenvalue weighted by Gasteiger charge is 2.13. The van der Waals surface area contributed by atoms with Crippen molar-refractivity contribution in [3.05, 3.63) is 66.9 Å². The third-order valence-corrected chi connectivity index (χ3v) is 3.87. The van der Waals surface area contributed by atoms with Crippen LogP contribution in [0.15, 0.2) is 61.1 Å². The molecular weight excluding hydrogens is 333 g/mol. The van der Waals surface area contributed by atoms with Crippen molar-refractivity contribution < 1.29 is 9.13 Å². The molecular formula is C19H16FN5O. The number of benzene rings is 2. The Balaban J connectivity index is 1.70. The third-order valence-electron chi connectivity index (χ3n) is 3.87. The zero-order valence-corrected chi connectivity index (χ0v) is 14.1. The van der Waals surface area contributed by atoms with Crippen LogP contribution in [0.5, 0.6) is 5.75 Å². The molecule has 0 atom stereocenters. The summed E-state index contributed by atoms with van der Waals surface area (Å²) in [5, 5.41) is 8.22. The smallest absolute Gasteiger partial charge is 0.168 e. The summed E-state index contributed by atoms with van der Waals surface area (Å²) in [6.07, 6.45) is 3.05. The van der Waals surface area contributed by atoms with E-state index in [0.717, 1.165) is 11.4 Å². The summed E-state index contributed by atoms with van der Waals surface area (Å²) >= 11 is 0. The highest BCUT2D eigenvalue weighted by atomic mass is 19.1. The number of ether oxygens (including phenoxy) is 1. The first-order valence-corrected chi connectivity index (χ1v) is 8.20. The zero-order chi connectivity index (χ0) is 17.9. The van der Waals surface area contributed by atoms with Gasteiger partial charge in [-0.25, -0.2) is 19.0 Å². The number of aromatic nitrogens is 4. The fourth-order valence-electron chi connectivity index (χ4n) is 2.68. The molecule has 0 bridgehead atoms. The van der Waals surface area contributed by atoms with E-state index in [2.05, 4.69) is 20.4 Å². The summed E-state index contributed by atoms with van der Waals surface area (Å²) in [5.74, 6) is 1.04. The number of nitrogens with one attached hydrogen (secondary N) is 1. The number of fused-ring (bicyclic) bond motifs is 1. The Morgan fingerprint density at radius 3 is 2.65 bits per heavy atom. The Hall–Kier alpha value is -3.48. The first-order valence-electron chi connectivity index (χ1n) is 8.20. The van der Waals surface area contributed by atoms with E-state index in [1.165, 1.54) is 17.1 Å². The largest absolute Gasteiger partial charge is 0.494 e. The fraction of sp³-hybridized carbons (Fsp3) is 0.105. The average molecular weight is 349 g/mol. The lowest BCUT2D eigenvalue weighted by molar-refractivity contribution is 0.340. The van der Waals surface area contributed by atoms with Gasteiger partial charge in [0.05, 0.1) is 18.2 Å². The van der Waals surface area contributed by atoms with Crippen molar-refractivity contribution in [1.82, 2.24) is 19.7 Å². The summed E-state index contributed by atoms with van der Waals surface area (Å²) in [4.78, 5) is 8.55. The summed E-state index contributed by atoms with van der Waals surface area (Å²) in [6, 6.07) is 14.0. The molecule has 2 aromatic heterocycles. The molecule has 26 heavy (non-hydrogen) atoms. The molecule has 0 fully saturated rings. The minimum Gasteiger partial charge on any atom is -0.494 e. The maximum absolute atomic E-state index is 14.1. The predicted molar refractivity (Wildman–Crippen MR) is 97.5 cm³/mol. The minimum absolute atomic E-state index is 0.341. The Morgan fingerprint density at radius 2 is 1.88 bits per heavy atom. The molecule has 4 aromatic rings. The maximum Gasteiger partial charge on any atom is 0.168 e. The highest BCUT2D eigenvalue weighted by Crippen LogP contribution is 2.26. The van der Waals surface area contributed by atoms with E-state index in [1.54, 1.807) is 24.4 Å². The Bertz CT molecular complexity index is 1050. The second kappa shape index (κ2) is 6.79. The fourth-order valence-corrected chi connectivity index (χ4v) is 2.68. The van der Waals surface area contributed by atoms with Crippen molar-refractivity contribution in [2.45, 2.75) is 6.92 Å². The van der Waals surface area contributed by atoms with E-state index >= 15 is 0 Å². The molecule has 2 aromatic carbocycles. The number of nitrogens with zero attached hydrogens (tertiary/aromatic N) is 4. The predicted octanol–water partition coefficient (Wildman–Crippen LogP) is 4.10. The van der Waals surface area contributed by atoms with Crippen LogP contribution < -0.4 is 10.1 Å². The molecule has 0 aliphatic carbocycles. The molecule has 6 nitrogen and oxygen atoms in total. The van der Waals surface area contributed by atoms with Crippen molar-refractivity contribution in [3.63, 3.8) is 0 Å². The SMILES string of the molecule is CCOc1ccc(Nc2ncnc3c2cnn3-c2ccccc2F)cc1. The topological polar surface area (TPSA) is 64.9 Å². The second-order valence-corrected chi connectivity index (χ2v) is 5.55. The van der Waals surface area contributed by atoms with Gasteiger partial charge < -0.3 is 10.1 Å². The van der Waals surface area contributed by atoms with Crippen LogP contribution in [0, 0.1) is 5.82 Å². The Morgan fingerprint density at radius 1 is 1.08 bits per heavy atom. The monoisotopic (exact) mass is 349 g/mol. The minimum atomic E-state index is -0.364. The maximum atomic E-state index is 14.1. The third kappa shape index (κ3) is 2.95. The van der Waals surface area contributed by atoms with Gasteiger partial charge in [-0.05, 0) is 43.3 Å². The molecule has 7 heteroatoms. The molecule has 0 spiro atoms. The lowest BCUT2D eigenvalue weighted by Crippen LogP contribution is -2.01. The van der Waals surface area contributed by atoms with E-state index in [1.807, 2.05) is 31.2 Å². The van der Waals surface area contributed by atoms with Gasteiger partial charge in [0.25, 0.3) is 0 Å². The van der Waals surface area contributed by atoms with Crippen molar-refractivity contribution in [1.29, 1.82) is 0 Å². The first kappa shape index (κ1) is 16.0. The van der Waals surface area contributed by atoms with Gasteiger partial charge in [0.15, 0.2) is 5.65 Å². The lowest BCUT2D eigenvalue weighted by atomic mass is 10.3. The van der Waals surface area contributed by atoms with Crippen molar-refractivity contribution in [3.8, 4) is 11.4 Å². The van der Waals surface area contributed by atoms with E-state index in [4.69, 9.17) is 4.74 Å². The van der Waals surface area contributed by atoms with Crippen LogP contribution in [0.1, 0.15) is 6.92 Å². The van der Waals surface area contributed by atoms with E-state index in [9.17, 15) is 4.39 Å². The Labute approximate surface area is 149 Å². The normalized spacial score (nSPS) is 10.8. The molecule has 0 aliphatic heterocycles. The standard InChI is InChI=1S/C19H16FN5O/c1-2-26-14-9-7-13(8-10-14)24-18-15-11-23-25(19(15)22-12-21-18)17-6-4-3-5-16(17)20/h3-12H,2H2,1H3,(H,21,22,24). The molecule has 130 valence electrons. The van der Waals surface area contributed by atoms with Crippen molar-refractivity contribution in [2.75, 3.05) is 11.9 Å². The zero-order valence-electron chi connectivity index (χ0n) is 14.1. The molecule has 0 aliphatic rings. The summed E-state index contributed by atoms with van der Waals surface area (Å²) < 4.78 is 21.0. The Kier molecular flexibility index (Phi) is 4.18. The highest BCUT2D eigenvalue weighted by molar-refractivity contribution is 5.89. The van der Waals surface area contributed by atoms with Crippen molar-refractivity contribution >= 4 is 22.5 Å². The van der Waals surface area contributed by atoms with E-state index < -0.39 is 0 Å². The molecule has 0 radical (unpaired) electrons. The van der Waals surface area contributed by atoms with Gasteiger partial charge in [-0.2, -0.15) is 5.10 Å². The van der Waals surface area contributed by atoms with Crippen LogP contribution in [0.3, 0.4) is 0 Å².